The van der Waals surface area contributed by atoms with Gasteiger partial charge in [0.1, 0.15) is 0 Å². The molecule has 0 radical (unpaired) electrons. The Morgan fingerprint density at radius 2 is 2.18 bits per heavy atom. The molecular weight excluding hydrogens is 222 g/mol. The van der Waals surface area contributed by atoms with Crippen LogP contribution in [0.25, 0.3) is 0 Å². The van der Waals surface area contributed by atoms with Gasteiger partial charge in [0.25, 0.3) is 0 Å². The van der Waals surface area contributed by atoms with Gasteiger partial charge in [-0.15, -0.1) is 0 Å². The molecule has 0 bridgehead atoms. The number of hydrogen-bond acceptors (Lipinski definition) is 5. The molecule has 0 aromatic carbocycles. The average Bonchev–Trinajstić information content (AvgIpc) is 2.35. The number of carbonyl (C=O) groups excluding carboxylic acids is 2. The third-order valence-electron chi connectivity index (χ3n) is 2.04. The lowest BCUT2D eigenvalue weighted by Gasteiger charge is -2.17. The topological polar surface area (TPSA) is 65.5 Å². The van der Waals surface area contributed by atoms with Crippen LogP contribution >= 0.6 is 0 Å². The van der Waals surface area contributed by atoms with E-state index in [2.05, 4.69) is 16.3 Å². The van der Waals surface area contributed by atoms with E-state index < -0.39 is 18.0 Å². The number of nitrogens with zero attached hydrogens (tertiary/aromatic N) is 1. The zero-order chi connectivity index (χ0) is 12.8. The minimum absolute atomic E-state index is 0.0516. The summed E-state index contributed by atoms with van der Waals surface area (Å²) < 4.78 is 9.59. The van der Waals surface area contributed by atoms with E-state index in [1.807, 2.05) is 0 Å². The fraction of sp³-hybridized carbons (Fsp3) is 0.250. The van der Waals surface area contributed by atoms with E-state index in [-0.39, 0.29) is 5.57 Å². The van der Waals surface area contributed by atoms with Gasteiger partial charge >= 0.3 is 11.9 Å². The van der Waals surface area contributed by atoms with Crippen molar-refractivity contribution in [3.8, 4) is 0 Å². The summed E-state index contributed by atoms with van der Waals surface area (Å²) in [5.74, 6) is -1.14. The Kier molecular flexibility index (Phi) is 4.39. The Bertz CT molecular complexity index is 427. The Morgan fingerprint density at radius 3 is 2.65 bits per heavy atom. The molecular formula is C12H13NO4. The summed E-state index contributed by atoms with van der Waals surface area (Å²) in [6.45, 7) is 4.83. The van der Waals surface area contributed by atoms with Gasteiger partial charge in [0.05, 0.1) is 12.7 Å². The molecule has 0 aliphatic rings. The van der Waals surface area contributed by atoms with E-state index >= 15 is 0 Å². The molecule has 0 aliphatic heterocycles. The largest absolute Gasteiger partial charge is 0.466 e. The van der Waals surface area contributed by atoms with Crippen LogP contribution in [0.5, 0.6) is 0 Å². The first-order chi connectivity index (χ1) is 8.06. The first-order valence-electron chi connectivity index (χ1n) is 4.90. The van der Waals surface area contributed by atoms with Gasteiger partial charge in [-0.05, 0) is 6.07 Å². The minimum Gasteiger partial charge on any atom is -0.466 e. The van der Waals surface area contributed by atoms with Gasteiger partial charge in [0, 0.05) is 24.9 Å². The second-order valence-electron chi connectivity index (χ2n) is 3.29. The molecule has 0 spiro atoms. The maximum Gasteiger partial charge on any atom is 0.337 e. The lowest BCUT2D eigenvalue weighted by molar-refractivity contribution is -0.147. The van der Waals surface area contributed by atoms with Gasteiger partial charge in [-0.3, -0.25) is 9.78 Å². The standard InChI is InChI=1S/C12H13NO4/c1-8(12(15)16-3)11(17-9(2)14)10-5-4-6-13-7-10/h4-7,11H,1H2,2-3H3. The first-order valence-corrected chi connectivity index (χ1v) is 4.90. The molecule has 1 unspecified atom stereocenters. The van der Waals surface area contributed by atoms with Crippen LogP contribution in [-0.2, 0) is 19.1 Å². The molecule has 0 amide bonds. The number of aromatic nitrogens is 1. The Morgan fingerprint density at radius 1 is 1.47 bits per heavy atom. The molecule has 1 rings (SSSR count). The predicted octanol–water partition coefficient (Wildman–Crippen LogP) is 1.41. The van der Waals surface area contributed by atoms with E-state index in [4.69, 9.17) is 4.74 Å². The molecule has 0 N–H and O–H groups in total. The summed E-state index contributed by atoms with van der Waals surface area (Å²) in [7, 11) is 1.24. The van der Waals surface area contributed by atoms with Crippen LogP contribution in [0.3, 0.4) is 0 Å². The molecule has 0 fully saturated rings. The molecule has 90 valence electrons. The highest BCUT2D eigenvalue weighted by Gasteiger charge is 2.24. The molecule has 0 aliphatic carbocycles. The highest BCUT2D eigenvalue weighted by atomic mass is 16.6. The molecule has 0 saturated carbocycles. The summed E-state index contributed by atoms with van der Waals surface area (Å²) in [6, 6.07) is 3.37. The summed E-state index contributed by atoms with van der Waals surface area (Å²) in [5.41, 5.74) is 0.619. The fourth-order valence-electron chi connectivity index (χ4n) is 1.28. The van der Waals surface area contributed by atoms with Crippen molar-refractivity contribution in [1.29, 1.82) is 0 Å². The number of hydrogen-bond donors (Lipinski definition) is 0. The van der Waals surface area contributed by atoms with Crippen LogP contribution < -0.4 is 0 Å². The number of esters is 2. The molecule has 1 aromatic rings. The zero-order valence-corrected chi connectivity index (χ0v) is 9.67. The van der Waals surface area contributed by atoms with Crippen LogP contribution in [-0.4, -0.2) is 24.0 Å². The monoisotopic (exact) mass is 235 g/mol. The van der Waals surface area contributed by atoms with Crippen LogP contribution in [0.2, 0.25) is 0 Å². The number of pyridine rings is 1. The number of rotatable bonds is 4. The maximum atomic E-state index is 11.4. The molecule has 1 atom stereocenters. The molecule has 0 saturated heterocycles. The number of carbonyl (C=O) groups is 2. The Balaban J connectivity index is 3.00. The SMILES string of the molecule is C=C(C(=O)OC)C(OC(C)=O)c1cccnc1. The van der Waals surface area contributed by atoms with Gasteiger partial charge < -0.3 is 9.47 Å². The van der Waals surface area contributed by atoms with Gasteiger partial charge in [-0.2, -0.15) is 0 Å². The van der Waals surface area contributed by atoms with E-state index in [1.54, 1.807) is 18.3 Å². The van der Waals surface area contributed by atoms with E-state index in [0.717, 1.165) is 0 Å². The van der Waals surface area contributed by atoms with Crippen LogP contribution in [0.1, 0.15) is 18.6 Å². The van der Waals surface area contributed by atoms with E-state index in [0.29, 0.717) is 5.56 Å². The average molecular weight is 235 g/mol. The highest BCUT2D eigenvalue weighted by molar-refractivity contribution is 5.89. The fourth-order valence-corrected chi connectivity index (χ4v) is 1.28. The van der Waals surface area contributed by atoms with Crippen molar-refractivity contribution in [2.24, 2.45) is 0 Å². The van der Waals surface area contributed by atoms with Crippen molar-refractivity contribution < 1.29 is 19.1 Å². The predicted molar refractivity (Wildman–Crippen MR) is 59.9 cm³/mol. The summed E-state index contributed by atoms with van der Waals surface area (Å²) in [6.07, 6.45) is 2.21. The molecule has 1 aromatic heterocycles. The minimum atomic E-state index is -0.867. The van der Waals surface area contributed by atoms with Crippen LogP contribution in [0.4, 0.5) is 0 Å². The summed E-state index contributed by atoms with van der Waals surface area (Å²) >= 11 is 0. The molecule has 5 heteroatoms. The summed E-state index contributed by atoms with van der Waals surface area (Å²) in [5, 5.41) is 0. The normalized spacial score (nSPS) is 11.4. The Labute approximate surface area is 99.1 Å². The second-order valence-corrected chi connectivity index (χ2v) is 3.29. The second kappa shape index (κ2) is 5.79. The van der Waals surface area contributed by atoms with E-state index in [1.165, 1.54) is 20.2 Å². The van der Waals surface area contributed by atoms with Crippen LogP contribution in [0.15, 0.2) is 36.7 Å². The maximum absolute atomic E-state index is 11.4. The van der Waals surface area contributed by atoms with Gasteiger partial charge in [-0.25, -0.2) is 4.79 Å². The zero-order valence-electron chi connectivity index (χ0n) is 9.67. The molecule has 17 heavy (non-hydrogen) atoms. The van der Waals surface area contributed by atoms with Crippen LogP contribution in [0, 0.1) is 0 Å². The lowest BCUT2D eigenvalue weighted by atomic mass is 10.0. The quantitative estimate of drug-likeness (QED) is 0.583. The smallest absolute Gasteiger partial charge is 0.337 e. The first kappa shape index (κ1) is 12.9. The Hall–Kier alpha value is -2.17. The van der Waals surface area contributed by atoms with Gasteiger partial charge in [-0.1, -0.05) is 12.6 Å². The number of ether oxygens (including phenoxy) is 2. The van der Waals surface area contributed by atoms with Gasteiger partial charge in [0.15, 0.2) is 6.10 Å². The lowest BCUT2D eigenvalue weighted by Crippen LogP contribution is -2.17. The number of methoxy groups -OCH3 is 1. The van der Waals surface area contributed by atoms with Crippen molar-refractivity contribution >= 4 is 11.9 Å². The van der Waals surface area contributed by atoms with Crippen molar-refractivity contribution in [2.45, 2.75) is 13.0 Å². The highest BCUT2D eigenvalue weighted by Crippen LogP contribution is 2.24. The molecule has 1 heterocycles. The van der Waals surface area contributed by atoms with E-state index in [9.17, 15) is 9.59 Å². The van der Waals surface area contributed by atoms with Gasteiger partial charge in [0.2, 0.25) is 0 Å². The van der Waals surface area contributed by atoms with Crippen molar-refractivity contribution in [1.82, 2.24) is 4.98 Å². The third kappa shape index (κ3) is 3.41. The van der Waals surface area contributed by atoms with Crippen molar-refractivity contribution in [3.05, 3.63) is 42.2 Å². The summed E-state index contributed by atoms with van der Waals surface area (Å²) in [4.78, 5) is 26.3. The van der Waals surface area contributed by atoms with Crippen molar-refractivity contribution in [3.63, 3.8) is 0 Å². The third-order valence-corrected chi connectivity index (χ3v) is 2.04. The molecule has 5 nitrogen and oxygen atoms in total. The van der Waals surface area contributed by atoms with Crippen molar-refractivity contribution in [2.75, 3.05) is 7.11 Å².